The maximum Gasteiger partial charge on any atom is 0.433 e. The molecule has 0 radical (unpaired) electrons. The molecule has 0 atom stereocenters. The van der Waals surface area contributed by atoms with Gasteiger partial charge in [-0.15, -0.1) is 0 Å². The number of carbonyl (C=O) groups excluding carboxylic acids is 1. The fourth-order valence-electron chi connectivity index (χ4n) is 2.22. The molecule has 0 aliphatic rings. The standard InChI is InChI=1S/C15H13BrF3N5O4/c1-2-28-14(25)23(7-8-3-4-10(21-6-8)15(17,18)19)9-5-11(16)22-13(20)12(9)24(26)27/h3-6H,2,7H2,1H3,(H2,20,22). The summed E-state index contributed by atoms with van der Waals surface area (Å²) in [6.45, 7) is 1.15. The highest BCUT2D eigenvalue weighted by atomic mass is 79.9. The third-order valence-electron chi connectivity index (χ3n) is 3.39. The van der Waals surface area contributed by atoms with Gasteiger partial charge in [-0.05, 0) is 34.5 Å². The molecule has 0 aliphatic heterocycles. The lowest BCUT2D eigenvalue weighted by Crippen LogP contribution is -2.32. The predicted molar refractivity (Wildman–Crippen MR) is 95.4 cm³/mol. The van der Waals surface area contributed by atoms with Crippen molar-refractivity contribution in [2.45, 2.75) is 19.6 Å². The van der Waals surface area contributed by atoms with Crippen LogP contribution in [0.25, 0.3) is 0 Å². The van der Waals surface area contributed by atoms with E-state index in [4.69, 9.17) is 10.5 Å². The zero-order valence-electron chi connectivity index (χ0n) is 14.2. The predicted octanol–water partition coefficient (Wildman–Crippen LogP) is 3.91. The van der Waals surface area contributed by atoms with Crippen LogP contribution in [0.2, 0.25) is 0 Å². The number of nitrogen functional groups attached to an aromatic ring is 1. The van der Waals surface area contributed by atoms with Crippen molar-refractivity contribution in [3.05, 3.63) is 50.4 Å². The third-order valence-corrected chi connectivity index (χ3v) is 3.79. The number of halogens is 4. The van der Waals surface area contributed by atoms with Gasteiger partial charge in [0.05, 0.1) is 18.1 Å². The average molecular weight is 464 g/mol. The molecule has 0 bridgehead atoms. The van der Waals surface area contributed by atoms with Gasteiger partial charge in [0, 0.05) is 12.3 Å². The summed E-state index contributed by atoms with van der Waals surface area (Å²) in [6.07, 6.45) is -4.66. The molecule has 2 heterocycles. The van der Waals surface area contributed by atoms with Crippen molar-refractivity contribution in [3.63, 3.8) is 0 Å². The molecule has 9 nitrogen and oxygen atoms in total. The van der Waals surface area contributed by atoms with E-state index in [1.54, 1.807) is 0 Å². The SMILES string of the molecule is CCOC(=O)N(Cc1ccc(C(F)(F)F)nc1)c1cc(Br)nc(N)c1[N+](=O)[O-]. The van der Waals surface area contributed by atoms with Crippen LogP contribution in [-0.2, 0) is 17.5 Å². The lowest BCUT2D eigenvalue weighted by molar-refractivity contribution is -0.383. The first-order valence-corrected chi connectivity index (χ1v) is 8.40. The summed E-state index contributed by atoms with van der Waals surface area (Å²) in [6, 6.07) is 3.03. The van der Waals surface area contributed by atoms with Gasteiger partial charge in [0.2, 0.25) is 5.82 Å². The summed E-state index contributed by atoms with van der Waals surface area (Å²) in [5.41, 5.74) is 3.79. The largest absolute Gasteiger partial charge is 0.449 e. The second-order valence-electron chi connectivity index (χ2n) is 5.29. The van der Waals surface area contributed by atoms with Crippen LogP contribution < -0.4 is 10.6 Å². The second-order valence-corrected chi connectivity index (χ2v) is 6.10. The summed E-state index contributed by atoms with van der Waals surface area (Å²) in [4.78, 5) is 30.9. The summed E-state index contributed by atoms with van der Waals surface area (Å²) in [5.74, 6) is -0.450. The van der Waals surface area contributed by atoms with E-state index in [1.165, 1.54) is 13.0 Å². The number of carbonyl (C=O) groups is 1. The van der Waals surface area contributed by atoms with Crippen LogP contribution in [0.4, 0.5) is 35.2 Å². The molecule has 2 rings (SSSR count). The van der Waals surface area contributed by atoms with Crippen molar-refractivity contribution in [2.75, 3.05) is 17.2 Å². The van der Waals surface area contributed by atoms with E-state index in [9.17, 15) is 28.1 Å². The minimum Gasteiger partial charge on any atom is -0.449 e. The monoisotopic (exact) mass is 463 g/mol. The van der Waals surface area contributed by atoms with Crippen LogP contribution in [0.15, 0.2) is 29.0 Å². The van der Waals surface area contributed by atoms with Crippen LogP contribution in [-0.4, -0.2) is 27.6 Å². The van der Waals surface area contributed by atoms with Gasteiger partial charge in [0.1, 0.15) is 16.0 Å². The number of rotatable bonds is 5. The Morgan fingerprint density at radius 3 is 2.61 bits per heavy atom. The Morgan fingerprint density at radius 1 is 1.43 bits per heavy atom. The molecule has 28 heavy (non-hydrogen) atoms. The van der Waals surface area contributed by atoms with E-state index >= 15 is 0 Å². The first-order chi connectivity index (χ1) is 13.0. The maximum atomic E-state index is 12.7. The van der Waals surface area contributed by atoms with Crippen molar-refractivity contribution < 1.29 is 27.6 Å². The van der Waals surface area contributed by atoms with Gasteiger partial charge >= 0.3 is 18.0 Å². The number of pyridine rings is 2. The molecule has 0 fully saturated rings. The lowest BCUT2D eigenvalue weighted by Gasteiger charge is -2.22. The Hall–Kier alpha value is -2.96. The molecular formula is C15H13BrF3N5O4. The molecule has 0 unspecified atom stereocenters. The molecule has 1 amide bonds. The Balaban J connectivity index is 2.50. The van der Waals surface area contributed by atoms with Crippen molar-refractivity contribution in [2.24, 2.45) is 0 Å². The number of alkyl halides is 3. The summed E-state index contributed by atoms with van der Waals surface area (Å²) in [5, 5.41) is 11.4. The van der Waals surface area contributed by atoms with E-state index in [2.05, 4.69) is 25.9 Å². The lowest BCUT2D eigenvalue weighted by atomic mass is 10.2. The number of nitrogens with zero attached hydrogens (tertiary/aromatic N) is 4. The van der Waals surface area contributed by atoms with Gasteiger partial charge in [0.25, 0.3) is 0 Å². The summed E-state index contributed by atoms with van der Waals surface area (Å²) in [7, 11) is 0. The van der Waals surface area contributed by atoms with Gasteiger partial charge in [0.15, 0.2) is 0 Å². The Morgan fingerprint density at radius 2 is 2.11 bits per heavy atom. The van der Waals surface area contributed by atoms with Gasteiger partial charge in [-0.1, -0.05) is 6.07 Å². The quantitative estimate of drug-likeness (QED) is 0.404. The Bertz CT molecular complexity index is 892. The molecule has 2 N–H and O–H groups in total. The molecule has 0 aliphatic carbocycles. The van der Waals surface area contributed by atoms with Crippen LogP contribution in [0.1, 0.15) is 18.2 Å². The van der Waals surface area contributed by atoms with Gasteiger partial charge < -0.3 is 10.5 Å². The minimum atomic E-state index is -4.62. The molecule has 150 valence electrons. The third kappa shape index (κ3) is 4.85. The smallest absolute Gasteiger partial charge is 0.433 e. The fourth-order valence-corrected chi connectivity index (χ4v) is 2.63. The van der Waals surface area contributed by atoms with Crippen LogP contribution in [0.3, 0.4) is 0 Å². The number of hydrogen-bond donors (Lipinski definition) is 1. The van der Waals surface area contributed by atoms with Crippen molar-refractivity contribution in [1.29, 1.82) is 0 Å². The van der Waals surface area contributed by atoms with Gasteiger partial charge in [-0.25, -0.2) is 9.78 Å². The molecule has 2 aromatic heterocycles. The van der Waals surface area contributed by atoms with E-state index in [-0.39, 0.29) is 29.0 Å². The first-order valence-electron chi connectivity index (χ1n) is 7.61. The Labute approximate surface area is 164 Å². The van der Waals surface area contributed by atoms with E-state index in [0.29, 0.717) is 0 Å². The summed E-state index contributed by atoms with van der Waals surface area (Å²) < 4.78 is 43.0. The fraction of sp³-hybridized carbons (Fsp3) is 0.267. The van der Waals surface area contributed by atoms with E-state index in [1.807, 2.05) is 0 Å². The molecule has 0 saturated carbocycles. The molecule has 0 spiro atoms. The molecule has 2 aromatic rings. The van der Waals surface area contributed by atoms with Crippen molar-refractivity contribution in [3.8, 4) is 0 Å². The highest BCUT2D eigenvalue weighted by Crippen LogP contribution is 2.36. The number of nitrogens with two attached hydrogens (primary N) is 1. The number of ether oxygens (including phenoxy) is 1. The highest BCUT2D eigenvalue weighted by molar-refractivity contribution is 9.10. The number of anilines is 2. The van der Waals surface area contributed by atoms with Crippen molar-refractivity contribution >= 4 is 39.2 Å². The second kappa shape index (κ2) is 8.37. The molecule has 0 aromatic carbocycles. The number of aromatic nitrogens is 2. The van der Waals surface area contributed by atoms with Crippen LogP contribution in [0, 0.1) is 10.1 Å². The maximum absolute atomic E-state index is 12.7. The topological polar surface area (TPSA) is 124 Å². The van der Waals surface area contributed by atoms with E-state index < -0.39 is 34.4 Å². The van der Waals surface area contributed by atoms with Gasteiger partial charge in [-0.2, -0.15) is 13.2 Å². The van der Waals surface area contributed by atoms with Crippen molar-refractivity contribution in [1.82, 2.24) is 9.97 Å². The summed E-state index contributed by atoms with van der Waals surface area (Å²) >= 11 is 3.04. The van der Waals surface area contributed by atoms with E-state index in [0.717, 1.165) is 23.2 Å². The Kier molecular flexibility index (Phi) is 6.38. The normalized spacial score (nSPS) is 11.2. The van der Waals surface area contributed by atoms with Crippen LogP contribution in [0.5, 0.6) is 0 Å². The molecular weight excluding hydrogens is 451 g/mol. The number of amides is 1. The average Bonchev–Trinajstić information content (AvgIpc) is 2.58. The number of nitro groups is 1. The van der Waals surface area contributed by atoms with Gasteiger partial charge in [-0.3, -0.25) is 20.0 Å². The van der Waals surface area contributed by atoms with Crippen LogP contribution >= 0.6 is 15.9 Å². The zero-order chi connectivity index (χ0) is 21.1. The molecule has 13 heteroatoms. The zero-order valence-corrected chi connectivity index (χ0v) is 15.8. The highest BCUT2D eigenvalue weighted by Gasteiger charge is 2.33. The number of hydrogen-bond acceptors (Lipinski definition) is 7. The molecule has 0 saturated heterocycles. The first kappa shape index (κ1) is 21.3. The minimum absolute atomic E-state index is 0.0316.